The molecule has 0 aromatic rings. The fourth-order valence-electron chi connectivity index (χ4n) is 3.17. The third kappa shape index (κ3) is 7.43. The second-order valence-electron chi connectivity index (χ2n) is 6.56. The van der Waals surface area contributed by atoms with E-state index in [1.165, 1.54) is 68.8 Å². The van der Waals surface area contributed by atoms with Gasteiger partial charge in [-0.05, 0) is 0 Å². The third-order valence-electron chi connectivity index (χ3n) is 4.63. The number of thiocarbonyl (C=S) groups is 1. The van der Waals surface area contributed by atoms with Gasteiger partial charge in [0.25, 0.3) is 0 Å². The van der Waals surface area contributed by atoms with Gasteiger partial charge in [-0.25, -0.2) is 0 Å². The van der Waals surface area contributed by atoms with Gasteiger partial charge in [0.2, 0.25) is 0 Å². The van der Waals surface area contributed by atoms with Crippen LogP contribution in [0.5, 0.6) is 0 Å². The summed E-state index contributed by atoms with van der Waals surface area (Å²) in [5.41, 5.74) is 0. The standard InChI is InChI=1S/C5H9NS2.3C4H9.Sn/c7-5(8)6-3-1-2-4-6;3*1-3-4-2;/h1-4H2,(H,7,8);3*1,3-4H2,2H3;/q;;;;+1/p-1. The summed E-state index contributed by atoms with van der Waals surface area (Å²) in [6, 6.07) is 0. The number of unbranched alkanes of at least 4 members (excludes halogenated alkanes) is 3. The first-order valence-corrected chi connectivity index (χ1v) is 19.9. The van der Waals surface area contributed by atoms with Crippen LogP contribution in [0.2, 0.25) is 13.3 Å². The molecule has 0 bridgehead atoms. The molecule has 124 valence electrons. The Morgan fingerprint density at radius 2 is 1.33 bits per heavy atom. The quantitative estimate of drug-likeness (QED) is 0.286. The molecule has 0 aromatic heterocycles. The van der Waals surface area contributed by atoms with E-state index in [1.807, 2.05) is 0 Å². The van der Waals surface area contributed by atoms with Gasteiger partial charge in [0.15, 0.2) is 0 Å². The molecule has 0 N–H and O–H groups in total. The third-order valence-corrected chi connectivity index (χ3v) is 27.6. The molecule has 0 spiro atoms. The normalized spacial score (nSPS) is 15.7. The van der Waals surface area contributed by atoms with Crippen molar-refractivity contribution in [1.29, 1.82) is 0 Å². The molecule has 0 amide bonds. The van der Waals surface area contributed by atoms with Crippen molar-refractivity contribution in [3.05, 3.63) is 0 Å². The molecule has 0 aliphatic carbocycles. The van der Waals surface area contributed by atoms with Gasteiger partial charge < -0.3 is 0 Å². The molecule has 1 heterocycles. The van der Waals surface area contributed by atoms with E-state index in [2.05, 4.69) is 34.6 Å². The Bertz CT molecular complexity index is 269. The minimum atomic E-state index is -2.11. The van der Waals surface area contributed by atoms with Gasteiger partial charge in [-0.15, -0.1) is 0 Å². The zero-order chi connectivity index (χ0) is 15.6. The van der Waals surface area contributed by atoms with Crippen LogP contribution >= 0.6 is 21.2 Å². The van der Waals surface area contributed by atoms with Gasteiger partial charge in [-0.1, -0.05) is 0 Å². The molecule has 0 radical (unpaired) electrons. The predicted molar refractivity (Wildman–Crippen MR) is 106 cm³/mol. The van der Waals surface area contributed by atoms with Crippen LogP contribution in [0.1, 0.15) is 72.1 Å². The Morgan fingerprint density at radius 1 is 0.905 bits per heavy atom. The van der Waals surface area contributed by atoms with E-state index in [9.17, 15) is 0 Å². The topological polar surface area (TPSA) is 3.24 Å². The van der Waals surface area contributed by atoms with Crippen molar-refractivity contribution < 1.29 is 0 Å². The Kier molecular flexibility index (Phi) is 11.1. The van der Waals surface area contributed by atoms with Gasteiger partial charge in [0.05, 0.1) is 0 Å². The molecule has 0 unspecified atom stereocenters. The van der Waals surface area contributed by atoms with Crippen molar-refractivity contribution in [2.45, 2.75) is 85.4 Å². The summed E-state index contributed by atoms with van der Waals surface area (Å²) in [5.74, 6) is 0. The predicted octanol–water partition coefficient (Wildman–Crippen LogP) is 6.45. The van der Waals surface area contributed by atoms with E-state index < -0.39 is 17.0 Å². The van der Waals surface area contributed by atoms with E-state index in [-0.39, 0.29) is 0 Å². The van der Waals surface area contributed by atoms with Crippen molar-refractivity contribution in [3.63, 3.8) is 0 Å². The van der Waals surface area contributed by atoms with E-state index in [0.717, 1.165) is 0 Å². The maximum atomic E-state index is 5.85. The SMILES string of the molecule is CCC[CH2][Sn]([CH2]CCC)([CH2]CCC)[S]C(=S)N1CCCC1. The first-order valence-electron chi connectivity index (χ1n) is 9.15. The van der Waals surface area contributed by atoms with Gasteiger partial charge in [-0.2, -0.15) is 0 Å². The van der Waals surface area contributed by atoms with Crippen LogP contribution in [-0.4, -0.2) is 39.3 Å². The zero-order valence-corrected chi connectivity index (χ0v) is 18.9. The summed E-state index contributed by atoms with van der Waals surface area (Å²) < 4.78 is 5.96. The number of likely N-dealkylation sites (tertiary alicyclic amines) is 1. The summed E-state index contributed by atoms with van der Waals surface area (Å²) >= 11 is 3.74. The summed E-state index contributed by atoms with van der Waals surface area (Å²) in [6.07, 6.45) is 11.1. The number of hydrogen-bond acceptors (Lipinski definition) is 2. The summed E-state index contributed by atoms with van der Waals surface area (Å²) in [5, 5.41) is 0. The number of nitrogens with zero attached hydrogens (tertiary/aromatic N) is 1. The number of rotatable bonds is 10. The molecule has 1 fully saturated rings. The van der Waals surface area contributed by atoms with Crippen molar-refractivity contribution in [2.75, 3.05) is 13.1 Å². The van der Waals surface area contributed by atoms with Crippen LogP contribution < -0.4 is 0 Å². The van der Waals surface area contributed by atoms with Crippen LogP contribution in [0.25, 0.3) is 0 Å². The molecule has 0 aromatic carbocycles. The van der Waals surface area contributed by atoms with Gasteiger partial charge in [-0.3, -0.25) is 0 Å². The zero-order valence-electron chi connectivity index (χ0n) is 14.5. The maximum absolute atomic E-state index is 5.85. The summed E-state index contributed by atoms with van der Waals surface area (Å²) in [7, 11) is 2.28. The van der Waals surface area contributed by atoms with Crippen LogP contribution in [0.15, 0.2) is 0 Å². The Hall–Kier alpha value is 1.04. The molecular weight excluding hydrogens is 401 g/mol. The van der Waals surface area contributed by atoms with E-state index in [4.69, 9.17) is 12.2 Å². The minimum absolute atomic E-state index is 1.23. The van der Waals surface area contributed by atoms with Crippen LogP contribution in [0.4, 0.5) is 0 Å². The van der Waals surface area contributed by atoms with Crippen molar-refractivity contribution >= 4 is 42.5 Å². The first kappa shape index (κ1) is 20.1. The average molecular weight is 436 g/mol. The van der Waals surface area contributed by atoms with Gasteiger partial charge in [0, 0.05) is 0 Å². The monoisotopic (exact) mass is 437 g/mol. The number of hydrogen-bond donors (Lipinski definition) is 0. The molecule has 1 rings (SSSR count). The molecule has 1 saturated heterocycles. The van der Waals surface area contributed by atoms with Crippen LogP contribution in [0.3, 0.4) is 0 Å². The van der Waals surface area contributed by atoms with Crippen molar-refractivity contribution in [1.82, 2.24) is 4.90 Å². The van der Waals surface area contributed by atoms with Gasteiger partial charge >= 0.3 is 146 Å². The second-order valence-corrected chi connectivity index (χ2v) is 26.4. The second kappa shape index (κ2) is 11.6. The van der Waals surface area contributed by atoms with Crippen molar-refractivity contribution in [2.24, 2.45) is 0 Å². The van der Waals surface area contributed by atoms with Gasteiger partial charge in [0.1, 0.15) is 0 Å². The Morgan fingerprint density at radius 3 is 1.71 bits per heavy atom. The molecule has 1 aliphatic heterocycles. The molecule has 21 heavy (non-hydrogen) atoms. The molecule has 0 atom stereocenters. The molecule has 0 saturated carbocycles. The molecule has 1 nitrogen and oxygen atoms in total. The Balaban J connectivity index is 2.70. The first-order chi connectivity index (χ1) is 10.2. The van der Waals surface area contributed by atoms with E-state index in [0.29, 0.717) is 0 Å². The van der Waals surface area contributed by atoms with Crippen LogP contribution in [-0.2, 0) is 0 Å². The Labute approximate surface area is 145 Å². The van der Waals surface area contributed by atoms with Crippen LogP contribution in [0, 0.1) is 0 Å². The van der Waals surface area contributed by atoms with Crippen molar-refractivity contribution in [3.8, 4) is 0 Å². The average Bonchev–Trinajstić information content (AvgIpc) is 3.03. The fourth-order valence-corrected chi connectivity index (χ4v) is 28.4. The fraction of sp³-hybridized carbons (Fsp3) is 0.941. The van der Waals surface area contributed by atoms with E-state index in [1.54, 1.807) is 13.3 Å². The molecule has 4 heteroatoms. The molecular formula is C17H35NS2Sn. The van der Waals surface area contributed by atoms with E-state index >= 15 is 0 Å². The molecule has 1 aliphatic rings. The summed E-state index contributed by atoms with van der Waals surface area (Å²) in [4.78, 5) is 2.51. The summed E-state index contributed by atoms with van der Waals surface area (Å²) in [6.45, 7) is 9.49.